The molecule has 21 heavy (non-hydrogen) atoms. The van der Waals surface area contributed by atoms with Crippen LogP contribution in [0, 0.1) is 12.7 Å². The van der Waals surface area contributed by atoms with E-state index in [4.69, 9.17) is 0 Å². The van der Waals surface area contributed by atoms with Gasteiger partial charge in [0.05, 0.1) is 5.69 Å². The number of nitrogens with one attached hydrogen (secondary N) is 2. The first-order valence-corrected chi connectivity index (χ1v) is 7.11. The number of aromatic amines is 1. The summed E-state index contributed by atoms with van der Waals surface area (Å²) in [6.07, 6.45) is 2.66. The summed E-state index contributed by atoms with van der Waals surface area (Å²) in [6.45, 7) is 3.61. The third kappa shape index (κ3) is 3.11. The van der Waals surface area contributed by atoms with Crippen LogP contribution < -0.4 is 5.32 Å². The van der Waals surface area contributed by atoms with E-state index in [-0.39, 0.29) is 5.82 Å². The van der Waals surface area contributed by atoms with Gasteiger partial charge in [-0.05, 0) is 55.8 Å². The topological polar surface area (TPSA) is 40.7 Å². The first-order chi connectivity index (χ1) is 10.2. The van der Waals surface area contributed by atoms with Gasteiger partial charge in [-0.1, -0.05) is 6.07 Å². The van der Waals surface area contributed by atoms with E-state index in [2.05, 4.69) is 15.3 Å². The van der Waals surface area contributed by atoms with Crippen molar-refractivity contribution in [1.29, 1.82) is 0 Å². The molecule has 1 aromatic carbocycles. The molecule has 2 N–H and O–H groups in total. The summed E-state index contributed by atoms with van der Waals surface area (Å²) in [5.74, 6) is -0.191. The number of benzene rings is 1. The lowest BCUT2D eigenvalue weighted by Gasteiger charge is -2.05. The molecule has 0 spiro atoms. The van der Waals surface area contributed by atoms with E-state index < -0.39 is 0 Å². The minimum Gasteiger partial charge on any atom is -0.358 e. The molecule has 0 radical (unpaired) electrons. The smallest absolute Gasteiger partial charge is 0.123 e. The van der Waals surface area contributed by atoms with Crippen molar-refractivity contribution < 1.29 is 4.39 Å². The number of pyridine rings is 1. The summed E-state index contributed by atoms with van der Waals surface area (Å²) < 4.78 is 13.4. The van der Waals surface area contributed by atoms with Crippen molar-refractivity contribution in [2.75, 3.05) is 6.54 Å². The van der Waals surface area contributed by atoms with E-state index in [1.807, 2.05) is 25.1 Å². The molecule has 0 aliphatic heterocycles. The zero-order valence-corrected chi connectivity index (χ0v) is 12.0. The van der Waals surface area contributed by atoms with Crippen molar-refractivity contribution in [3.63, 3.8) is 0 Å². The van der Waals surface area contributed by atoms with Crippen molar-refractivity contribution in [3.8, 4) is 0 Å². The van der Waals surface area contributed by atoms with Crippen LogP contribution in [0.4, 0.5) is 4.39 Å². The molecule has 0 aliphatic rings. The Morgan fingerprint density at radius 3 is 2.95 bits per heavy atom. The fourth-order valence-electron chi connectivity index (χ4n) is 2.61. The number of nitrogens with zero attached hydrogens (tertiary/aromatic N) is 1. The van der Waals surface area contributed by atoms with Crippen LogP contribution in [0.5, 0.6) is 0 Å². The number of halogens is 1. The highest BCUT2D eigenvalue weighted by molar-refractivity contribution is 5.84. The van der Waals surface area contributed by atoms with Crippen LogP contribution in [0.25, 0.3) is 10.9 Å². The van der Waals surface area contributed by atoms with Crippen molar-refractivity contribution in [1.82, 2.24) is 15.3 Å². The maximum absolute atomic E-state index is 13.4. The molecule has 2 heterocycles. The van der Waals surface area contributed by atoms with Gasteiger partial charge in [0.15, 0.2) is 0 Å². The fraction of sp³-hybridized carbons (Fsp3) is 0.235. The van der Waals surface area contributed by atoms with E-state index in [9.17, 15) is 4.39 Å². The third-order valence-electron chi connectivity index (χ3n) is 3.67. The van der Waals surface area contributed by atoms with E-state index in [1.54, 1.807) is 18.3 Å². The Balaban J connectivity index is 1.65. The van der Waals surface area contributed by atoms with E-state index in [0.717, 1.165) is 41.8 Å². The Hall–Kier alpha value is -2.20. The number of aromatic nitrogens is 2. The van der Waals surface area contributed by atoms with Crippen molar-refractivity contribution in [2.24, 2.45) is 0 Å². The van der Waals surface area contributed by atoms with Gasteiger partial charge in [0.2, 0.25) is 0 Å². The summed E-state index contributed by atoms with van der Waals surface area (Å²) in [5.41, 5.74) is 4.31. The largest absolute Gasteiger partial charge is 0.358 e. The standard InChI is InChI=1S/C17H18FN3/c1-12-15(16-10-13(18)5-6-17(16)21-12)7-9-19-11-14-4-2-3-8-20-14/h2-6,8,10,19,21H,7,9,11H2,1H3. The normalized spacial score (nSPS) is 11.1. The molecule has 0 amide bonds. The molecule has 2 aromatic heterocycles. The van der Waals surface area contributed by atoms with Crippen LogP contribution >= 0.6 is 0 Å². The second kappa shape index (κ2) is 6.06. The average Bonchev–Trinajstić information content (AvgIpc) is 2.80. The summed E-state index contributed by atoms with van der Waals surface area (Å²) in [7, 11) is 0. The SMILES string of the molecule is Cc1[nH]c2ccc(F)cc2c1CCNCc1ccccn1. The van der Waals surface area contributed by atoms with Gasteiger partial charge in [0.25, 0.3) is 0 Å². The molecule has 108 valence electrons. The van der Waals surface area contributed by atoms with Gasteiger partial charge in [0.1, 0.15) is 5.82 Å². The van der Waals surface area contributed by atoms with Gasteiger partial charge >= 0.3 is 0 Å². The van der Waals surface area contributed by atoms with Crippen molar-refractivity contribution in [2.45, 2.75) is 19.9 Å². The highest BCUT2D eigenvalue weighted by Gasteiger charge is 2.08. The number of H-pyrrole nitrogens is 1. The molecule has 3 rings (SSSR count). The second-order valence-corrected chi connectivity index (χ2v) is 5.17. The summed E-state index contributed by atoms with van der Waals surface area (Å²) in [6, 6.07) is 10.8. The summed E-state index contributed by atoms with van der Waals surface area (Å²) in [5, 5.41) is 4.36. The monoisotopic (exact) mass is 283 g/mol. The molecule has 3 aromatic rings. The van der Waals surface area contributed by atoms with Crippen LogP contribution in [0.1, 0.15) is 17.0 Å². The number of rotatable bonds is 5. The predicted molar refractivity (Wildman–Crippen MR) is 82.6 cm³/mol. The number of fused-ring (bicyclic) bond motifs is 1. The van der Waals surface area contributed by atoms with E-state index >= 15 is 0 Å². The molecule has 0 unspecified atom stereocenters. The van der Waals surface area contributed by atoms with Crippen LogP contribution in [-0.4, -0.2) is 16.5 Å². The maximum atomic E-state index is 13.4. The molecule has 0 bridgehead atoms. The molecule has 0 atom stereocenters. The number of aryl methyl sites for hydroxylation is 1. The molecular weight excluding hydrogens is 265 g/mol. The van der Waals surface area contributed by atoms with Crippen molar-refractivity contribution >= 4 is 10.9 Å². The molecule has 3 nitrogen and oxygen atoms in total. The highest BCUT2D eigenvalue weighted by atomic mass is 19.1. The molecule has 0 fully saturated rings. The highest BCUT2D eigenvalue weighted by Crippen LogP contribution is 2.23. The summed E-state index contributed by atoms with van der Waals surface area (Å²) in [4.78, 5) is 7.58. The van der Waals surface area contributed by atoms with E-state index in [1.165, 1.54) is 11.6 Å². The zero-order valence-electron chi connectivity index (χ0n) is 12.0. The maximum Gasteiger partial charge on any atom is 0.123 e. The summed E-state index contributed by atoms with van der Waals surface area (Å²) >= 11 is 0. The van der Waals surface area contributed by atoms with Gasteiger partial charge in [-0.15, -0.1) is 0 Å². The van der Waals surface area contributed by atoms with Crippen LogP contribution in [0.3, 0.4) is 0 Å². The molecule has 0 saturated carbocycles. The van der Waals surface area contributed by atoms with Gasteiger partial charge in [0, 0.05) is 29.3 Å². The van der Waals surface area contributed by atoms with E-state index in [0.29, 0.717) is 0 Å². The second-order valence-electron chi connectivity index (χ2n) is 5.17. The van der Waals surface area contributed by atoms with Crippen LogP contribution in [0.2, 0.25) is 0 Å². The lowest BCUT2D eigenvalue weighted by Crippen LogP contribution is -2.17. The van der Waals surface area contributed by atoms with Gasteiger partial charge < -0.3 is 10.3 Å². The van der Waals surface area contributed by atoms with Gasteiger partial charge in [-0.25, -0.2) is 4.39 Å². The molecule has 0 saturated heterocycles. The van der Waals surface area contributed by atoms with Gasteiger partial charge in [-0.2, -0.15) is 0 Å². The quantitative estimate of drug-likeness (QED) is 0.705. The van der Waals surface area contributed by atoms with Crippen molar-refractivity contribution in [3.05, 3.63) is 65.4 Å². The van der Waals surface area contributed by atoms with Crippen LogP contribution in [0.15, 0.2) is 42.6 Å². The van der Waals surface area contributed by atoms with Gasteiger partial charge in [-0.3, -0.25) is 4.98 Å². The Morgan fingerprint density at radius 2 is 2.14 bits per heavy atom. The molecule has 4 heteroatoms. The first kappa shape index (κ1) is 13.8. The molecular formula is C17H18FN3. The lowest BCUT2D eigenvalue weighted by molar-refractivity contribution is 0.629. The predicted octanol–water partition coefficient (Wildman–Crippen LogP) is 3.34. The fourth-order valence-corrected chi connectivity index (χ4v) is 2.61. The minimum atomic E-state index is -0.191. The molecule has 0 aliphatic carbocycles. The number of hydrogen-bond acceptors (Lipinski definition) is 2. The Kier molecular flexibility index (Phi) is 3.97. The van der Waals surface area contributed by atoms with Crippen LogP contribution in [-0.2, 0) is 13.0 Å². The number of hydrogen-bond donors (Lipinski definition) is 2. The Morgan fingerprint density at radius 1 is 1.24 bits per heavy atom. The Bertz CT molecular complexity index is 734. The average molecular weight is 283 g/mol. The lowest BCUT2D eigenvalue weighted by atomic mass is 10.1. The zero-order chi connectivity index (χ0) is 14.7. The first-order valence-electron chi connectivity index (χ1n) is 7.11. The Labute approximate surface area is 123 Å². The minimum absolute atomic E-state index is 0.191. The third-order valence-corrected chi connectivity index (χ3v) is 3.67.